The van der Waals surface area contributed by atoms with Gasteiger partial charge >= 0.3 is 5.97 Å². The summed E-state index contributed by atoms with van der Waals surface area (Å²) in [5.41, 5.74) is 9.64. The molecule has 4 aromatic rings. The van der Waals surface area contributed by atoms with Gasteiger partial charge in [0, 0.05) is 74.8 Å². The summed E-state index contributed by atoms with van der Waals surface area (Å²) in [6.07, 6.45) is 8.34. The lowest BCUT2D eigenvalue weighted by atomic mass is 9.84. The number of nitrogens with one attached hydrogen (secondary N) is 2. The minimum absolute atomic E-state index is 0.000815. The Morgan fingerprint density at radius 1 is 1.06 bits per heavy atom. The van der Waals surface area contributed by atoms with Crippen molar-refractivity contribution in [3.63, 3.8) is 0 Å². The van der Waals surface area contributed by atoms with Gasteiger partial charge in [-0.3, -0.25) is 34.0 Å². The third-order valence-corrected chi connectivity index (χ3v) is 14.2. The first-order chi connectivity index (χ1) is 32.2. The molecule has 15 nitrogen and oxygen atoms in total. The number of benzene rings is 2. The van der Waals surface area contributed by atoms with Gasteiger partial charge in [0.15, 0.2) is 0 Å². The van der Waals surface area contributed by atoms with Gasteiger partial charge < -0.3 is 34.3 Å². The van der Waals surface area contributed by atoms with E-state index in [2.05, 4.69) is 60.9 Å². The monoisotopic (exact) mass is 915 g/mol. The average molecular weight is 916 g/mol. The second-order valence-corrected chi connectivity index (χ2v) is 19.6. The molecule has 1 aliphatic carbocycles. The van der Waals surface area contributed by atoms with Crippen molar-refractivity contribution in [1.82, 2.24) is 35.1 Å². The molecular weight excluding hydrogens is 851 g/mol. The van der Waals surface area contributed by atoms with Gasteiger partial charge in [0.05, 0.1) is 30.5 Å². The predicted octanol–water partition coefficient (Wildman–Crippen LogP) is 5.94. The lowest BCUT2D eigenvalue weighted by molar-refractivity contribution is -0.155. The number of phenols is 1. The number of esters is 1. The molecule has 2 saturated heterocycles. The third kappa shape index (κ3) is 9.99. The molecule has 15 heteroatoms. The number of aromatic hydroxyl groups is 1. The number of pyridine rings is 1. The summed E-state index contributed by atoms with van der Waals surface area (Å²) in [5, 5.41) is 16.9. The van der Waals surface area contributed by atoms with Crippen LogP contribution in [0.15, 0.2) is 67.4 Å². The maximum atomic E-state index is 14.8. The molecule has 3 fully saturated rings. The molecule has 5 heterocycles. The smallest absolute Gasteiger partial charge is 0.324 e. The predicted molar refractivity (Wildman–Crippen MR) is 254 cm³/mol. The van der Waals surface area contributed by atoms with Crippen LogP contribution < -0.4 is 10.7 Å². The van der Waals surface area contributed by atoms with Crippen molar-refractivity contribution in [2.45, 2.75) is 110 Å². The number of methoxy groups -OCH3 is 1. The first-order valence-electron chi connectivity index (χ1n) is 23.8. The zero-order valence-electron chi connectivity index (χ0n) is 39.5. The number of rotatable bonds is 10. The van der Waals surface area contributed by atoms with E-state index in [9.17, 15) is 29.1 Å². The highest BCUT2D eigenvalue weighted by atomic mass is 16.5. The Hall–Kier alpha value is -6.06. The summed E-state index contributed by atoms with van der Waals surface area (Å²) < 4.78 is 14.0. The summed E-state index contributed by atoms with van der Waals surface area (Å²) in [4.78, 5) is 78.0. The highest BCUT2D eigenvalue weighted by Crippen LogP contribution is 2.41. The molecule has 4 atom stereocenters. The summed E-state index contributed by atoms with van der Waals surface area (Å²) in [6, 6.07) is 12.7. The van der Waals surface area contributed by atoms with E-state index in [4.69, 9.17) is 14.5 Å². The number of phenolic OH excluding ortho intramolecular Hbond substituents is 1. The average Bonchev–Trinajstić information content (AvgIpc) is 4.10. The number of carbonyl (C=O) groups is 5. The van der Waals surface area contributed by atoms with E-state index in [0.29, 0.717) is 50.9 Å². The van der Waals surface area contributed by atoms with E-state index in [1.54, 1.807) is 37.4 Å². The van der Waals surface area contributed by atoms with Crippen LogP contribution in [-0.2, 0) is 59.4 Å². The molecule has 356 valence electrons. The Labute approximate surface area is 392 Å². The van der Waals surface area contributed by atoms with Gasteiger partial charge in [-0.25, -0.2) is 5.43 Å². The second-order valence-electron chi connectivity index (χ2n) is 19.6. The number of likely N-dealkylation sites (N-methyl/N-ethyl adjacent to an activating group) is 1. The number of fused-ring (bicyclic) bond motifs is 6. The normalized spacial score (nSPS) is 21.7. The van der Waals surface area contributed by atoms with Crippen LogP contribution in [-0.4, -0.2) is 118 Å². The van der Waals surface area contributed by atoms with Crippen LogP contribution in [0.5, 0.6) is 5.75 Å². The summed E-state index contributed by atoms with van der Waals surface area (Å²) in [5.74, 6) is -2.44. The number of ether oxygens (including phenoxy) is 2. The van der Waals surface area contributed by atoms with E-state index in [1.165, 1.54) is 16.0 Å². The lowest BCUT2D eigenvalue weighted by Gasteiger charge is -2.37. The number of carbonyl (C=O) groups excluding carboxylic acids is 5. The van der Waals surface area contributed by atoms with Gasteiger partial charge in [-0.1, -0.05) is 45.4 Å². The molecule has 2 aromatic heterocycles. The number of hydrazine groups is 1. The first-order valence-corrected chi connectivity index (χ1v) is 23.8. The van der Waals surface area contributed by atoms with Gasteiger partial charge in [-0.05, 0) is 116 Å². The molecule has 4 aliphatic rings. The molecular formula is C52H65N7O8. The van der Waals surface area contributed by atoms with Crippen LogP contribution >= 0.6 is 0 Å². The topological polar surface area (TPSA) is 176 Å². The van der Waals surface area contributed by atoms with E-state index < -0.39 is 47.2 Å². The van der Waals surface area contributed by atoms with Crippen LogP contribution in [0.1, 0.15) is 82.5 Å². The number of likely N-dealkylation sites (tertiary alicyclic amines) is 1. The zero-order valence-corrected chi connectivity index (χ0v) is 39.5. The number of aryl methyl sites for hydroxylation is 1. The number of hydrogen-bond acceptors (Lipinski definition) is 10. The van der Waals surface area contributed by atoms with Crippen molar-refractivity contribution >= 4 is 40.5 Å². The molecule has 0 spiro atoms. The number of cyclic esters (lactones) is 1. The van der Waals surface area contributed by atoms with Crippen molar-refractivity contribution in [3.8, 4) is 28.1 Å². The highest BCUT2D eigenvalue weighted by Gasteiger charge is 2.42. The van der Waals surface area contributed by atoms with Crippen molar-refractivity contribution in [2.24, 2.45) is 17.3 Å². The molecule has 1 unspecified atom stereocenters. The Balaban J connectivity index is 1.20. The fourth-order valence-electron chi connectivity index (χ4n) is 10.9. The van der Waals surface area contributed by atoms with Crippen molar-refractivity contribution in [1.29, 1.82) is 0 Å². The third-order valence-electron chi connectivity index (χ3n) is 14.2. The lowest BCUT2D eigenvalue weighted by Crippen LogP contribution is -2.62. The van der Waals surface area contributed by atoms with Crippen molar-refractivity contribution < 1.29 is 38.6 Å². The Morgan fingerprint density at radius 3 is 2.60 bits per heavy atom. The minimum Gasteiger partial charge on any atom is -0.508 e. The molecule has 6 bridgehead atoms. The zero-order chi connectivity index (χ0) is 47.6. The van der Waals surface area contributed by atoms with E-state index in [1.807, 2.05) is 18.2 Å². The Kier molecular flexibility index (Phi) is 14.2. The number of hydrogen-bond donors (Lipinski definition) is 3. The second kappa shape index (κ2) is 20.0. The molecule has 1 saturated carbocycles. The maximum Gasteiger partial charge on any atom is 0.324 e. The highest BCUT2D eigenvalue weighted by molar-refractivity contribution is 5.96. The maximum absolute atomic E-state index is 14.8. The minimum atomic E-state index is -1.14. The van der Waals surface area contributed by atoms with Crippen LogP contribution in [0.3, 0.4) is 0 Å². The van der Waals surface area contributed by atoms with E-state index in [0.717, 1.165) is 70.2 Å². The quantitative estimate of drug-likeness (QED) is 0.128. The molecule has 3 N–H and O–H groups in total. The first kappa shape index (κ1) is 47.4. The number of aromatic nitrogens is 2. The fraction of sp³-hybridized carbons (Fsp3) is 0.500. The summed E-state index contributed by atoms with van der Waals surface area (Å²) in [7, 11) is 3.30. The largest absolute Gasteiger partial charge is 0.508 e. The SMILES string of the molecule is C=CC(=O)N1CC[C@H](C(=O)N(C)[C@H](C(=O)NC2Cc3cc(O)cc(c3)-c3ccc4c(c3)c(c(-c3cccnc3COC)n4CC)CC(C)(C)COC(=O)[C@@H]3CCCN(N3)C2=O)C2CCCC2)C1. The van der Waals surface area contributed by atoms with Crippen LogP contribution in [0, 0.1) is 17.3 Å². The van der Waals surface area contributed by atoms with Crippen molar-refractivity contribution in [2.75, 3.05) is 40.4 Å². The standard InChI is InChI=1S/C52H65N7O8/c1-7-45(61)57-22-19-35(29-57)49(63)56(5)46(33-13-9-10-14-33)48(62)54-42-25-32-23-36(26-37(60)24-32)34-17-18-44-39(27-34)40(47(58(44)8-2)38-15-11-20-53-43(38)30-66-6)28-52(3,4)31-67-51(65)41-16-12-21-59(55-41)50(42)64/h7,11,15,17-18,20,23-24,26-27,33,35,41-42,46,55,60H,1,8-10,12-14,16,19,21-22,25,28-31H2,2-6H3,(H,54,62)/t35-,41-,42?,46-/m0/s1. The van der Waals surface area contributed by atoms with Gasteiger partial charge in [-0.15, -0.1) is 0 Å². The Morgan fingerprint density at radius 2 is 1.85 bits per heavy atom. The van der Waals surface area contributed by atoms with E-state index in [-0.39, 0.29) is 49.6 Å². The number of nitrogens with zero attached hydrogens (tertiary/aromatic N) is 5. The van der Waals surface area contributed by atoms with Gasteiger partial charge in [0.25, 0.3) is 5.91 Å². The van der Waals surface area contributed by atoms with Crippen LogP contribution in [0.2, 0.25) is 0 Å². The summed E-state index contributed by atoms with van der Waals surface area (Å²) >= 11 is 0. The summed E-state index contributed by atoms with van der Waals surface area (Å²) in [6.45, 7) is 11.9. The van der Waals surface area contributed by atoms with Gasteiger partial charge in [0.1, 0.15) is 23.9 Å². The fourth-order valence-corrected chi connectivity index (χ4v) is 10.9. The molecule has 0 radical (unpaired) electrons. The molecule has 4 amide bonds. The molecule has 67 heavy (non-hydrogen) atoms. The van der Waals surface area contributed by atoms with Gasteiger partial charge in [0.2, 0.25) is 17.7 Å². The van der Waals surface area contributed by atoms with Crippen LogP contribution in [0.25, 0.3) is 33.3 Å². The number of amides is 4. The molecule has 2 aromatic carbocycles. The van der Waals surface area contributed by atoms with Crippen LogP contribution in [0.4, 0.5) is 0 Å². The van der Waals surface area contributed by atoms with Gasteiger partial charge in [-0.2, -0.15) is 0 Å². The Bertz CT molecular complexity index is 2550. The molecule has 3 aliphatic heterocycles. The molecule has 8 rings (SSSR count). The van der Waals surface area contributed by atoms with Crippen molar-refractivity contribution in [3.05, 3.63) is 84.2 Å². The van der Waals surface area contributed by atoms with E-state index >= 15 is 0 Å².